The quantitative estimate of drug-likeness (QED) is 0.276. The van der Waals surface area contributed by atoms with E-state index in [4.69, 9.17) is 16.6 Å². The molecule has 1 saturated heterocycles. The standard InChI is InChI=1S/C25H20BrFN4O3S2/c1-36(32,33)30-16-6-8-17(9-7-16)31-24(23(29-25(31)35)20-4-2-3-13-28-20)22-12-11-21(34-22)18-10-5-15(27)14-19(18)26/h2-14,23-24,30H,1H3,(H,29,35)/t23-,24+/m0/s1. The van der Waals surface area contributed by atoms with Gasteiger partial charge in [-0.05, 0) is 94.9 Å². The van der Waals surface area contributed by atoms with E-state index in [2.05, 4.69) is 31.0 Å². The van der Waals surface area contributed by atoms with E-state index >= 15 is 0 Å². The molecule has 3 heterocycles. The third kappa shape index (κ3) is 4.99. The van der Waals surface area contributed by atoms with Crippen molar-refractivity contribution in [3.63, 3.8) is 0 Å². The molecular formula is C25H20BrFN4O3S2. The van der Waals surface area contributed by atoms with Crippen LogP contribution in [0.15, 0.2) is 87.9 Å². The third-order valence-electron chi connectivity index (χ3n) is 5.66. The minimum Gasteiger partial charge on any atom is -0.459 e. The van der Waals surface area contributed by atoms with Crippen molar-refractivity contribution in [2.75, 3.05) is 15.9 Å². The molecule has 0 radical (unpaired) electrons. The summed E-state index contributed by atoms with van der Waals surface area (Å²) in [5, 5.41) is 3.83. The van der Waals surface area contributed by atoms with Crippen LogP contribution in [0.5, 0.6) is 0 Å². The van der Waals surface area contributed by atoms with Gasteiger partial charge >= 0.3 is 0 Å². The number of rotatable bonds is 6. The Bertz CT molecular complexity index is 1530. The van der Waals surface area contributed by atoms with Crippen molar-refractivity contribution in [3.8, 4) is 11.3 Å². The first-order chi connectivity index (χ1) is 17.2. The van der Waals surface area contributed by atoms with Crippen molar-refractivity contribution in [2.24, 2.45) is 0 Å². The van der Waals surface area contributed by atoms with Gasteiger partial charge in [0.25, 0.3) is 0 Å². The van der Waals surface area contributed by atoms with Crippen LogP contribution in [0.2, 0.25) is 0 Å². The fourth-order valence-corrected chi connectivity index (χ4v) is 5.63. The van der Waals surface area contributed by atoms with Gasteiger partial charge in [0.05, 0.1) is 18.0 Å². The number of nitrogens with zero attached hydrogens (tertiary/aromatic N) is 2. The Balaban J connectivity index is 1.56. The number of thiocarbonyl (C=S) groups is 1. The number of hydrogen-bond acceptors (Lipinski definition) is 5. The molecule has 7 nitrogen and oxygen atoms in total. The van der Waals surface area contributed by atoms with Crippen LogP contribution in [0, 0.1) is 5.82 Å². The molecule has 1 fully saturated rings. The van der Waals surface area contributed by atoms with E-state index in [1.54, 1.807) is 36.5 Å². The summed E-state index contributed by atoms with van der Waals surface area (Å²) in [5.41, 5.74) is 2.69. The molecule has 2 aromatic heterocycles. The first-order valence-electron chi connectivity index (χ1n) is 10.8. The molecule has 2 N–H and O–H groups in total. The molecule has 184 valence electrons. The van der Waals surface area contributed by atoms with E-state index in [0.717, 1.165) is 17.6 Å². The van der Waals surface area contributed by atoms with E-state index in [1.807, 2.05) is 35.2 Å². The number of hydrogen-bond donors (Lipinski definition) is 2. The zero-order valence-electron chi connectivity index (χ0n) is 18.9. The van der Waals surface area contributed by atoms with E-state index in [1.165, 1.54) is 12.1 Å². The van der Waals surface area contributed by atoms with Crippen LogP contribution < -0.4 is 14.9 Å². The highest BCUT2D eigenvalue weighted by Gasteiger charge is 2.42. The van der Waals surface area contributed by atoms with Crippen LogP contribution in [0.25, 0.3) is 11.3 Å². The monoisotopic (exact) mass is 586 g/mol. The number of benzene rings is 2. The molecule has 0 spiro atoms. The largest absolute Gasteiger partial charge is 0.459 e. The summed E-state index contributed by atoms with van der Waals surface area (Å²) >= 11 is 9.13. The second-order valence-corrected chi connectivity index (χ2v) is 11.2. The van der Waals surface area contributed by atoms with E-state index < -0.39 is 16.1 Å². The molecule has 2 aromatic carbocycles. The van der Waals surface area contributed by atoms with Crippen LogP contribution in [0.3, 0.4) is 0 Å². The second-order valence-electron chi connectivity index (χ2n) is 8.24. The van der Waals surface area contributed by atoms with Gasteiger partial charge < -0.3 is 14.6 Å². The number of halogens is 2. The third-order valence-corrected chi connectivity index (χ3v) is 7.24. The predicted octanol–water partition coefficient (Wildman–Crippen LogP) is 5.79. The van der Waals surface area contributed by atoms with Crippen LogP contribution in [0.1, 0.15) is 23.5 Å². The summed E-state index contributed by atoms with van der Waals surface area (Å²) in [7, 11) is -3.40. The molecule has 4 aromatic rings. The summed E-state index contributed by atoms with van der Waals surface area (Å²) in [6.07, 6.45) is 2.82. The Morgan fingerprint density at radius 1 is 1.11 bits per heavy atom. The molecule has 1 aliphatic rings. The summed E-state index contributed by atoms with van der Waals surface area (Å²) in [6, 6.07) is 20.0. The Hall–Kier alpha value is -3.28. The fraction of sp³-hybridized carbons (Fsp3) is 0.120. The smallest absolute Gasteiger partial charge is 0.229 e. The van der Waals surface area contributed by atoms with E-state index in [0.29, 0.717) is 32.4 Å². The number of anilines is 2. The topological polar surface area (TPSA) is 87.5 Å². The molecule has 1 aliphatic heterocycles. The van der Waals surface area contributed by atoms with E-state index in [9.17, 15) is 12.8 Å². The molecule has 2 atom stereocenters. The zero-order chi connectivity index (χ0) is 25.4. The zero-order valence-corrected chi connectivity index (χ0v) is 22.1. The highest BCUT2D eigenvalue weighted by Crippen LogP contribution is 2.43. The summed E-state index contributed by atoms with van der Waals surface area (Å²) < 4.78 is 46.2. The average molecular weight is 587 g/mol. The normalized spacial score (nSPS) is 17.8. The van der Waals surface area contributed by atoms with Crippen molar-refractivity contribution in [1.29, 1.82) is 0 Å². The van der Waals surface area contributed by atoms with Crippen molar-refractivity contribution in [1.82, 2.24) is 10.3 Å². The maximum absolute atomic E-state index is 13.6. The number of furan rings is 1. The van der Waals surface area contributed by atoms with Gasteiger partial charge in [-0.1, -0.05) is 6.07 Å². The highest BCUT2D eigenvalue weighted by atomic mass is 79.9. The fourth-order valence-electron chi connectivity index (χ4n) is 4.17. The second kappa shape index (κ2) is 9.64. The lowest BCUT2D eigenvalue weighted by Crippen LogP contribution is -2.29. The van der Waals surface area contributed by atoms with Gasteiger partial charge in [-0.2, -0.15) is 0 Å². The maximum Gasteiger partial charge on any atom is 0.229 e. The number of sulfonamides is 1. The molecule has 0 amide bonds. The van der Waals surface area contributed by atoms with E-state index in [-0.39, 0.29) is 11.9 Å². The minimum atomic E-state index is -3.40. The van der Waals surface area contributed by atoms with Gasteiger partial charge in [0.15, 0.2) is 5.11 Å². The molecule has 36 heavy (non-hydrogen) atoms. The van der Waals surface area contributed by atoms with Gasteiger partial charge in [0.2, 0.25) is 10.0 Å². The van der Waals surface area contributed by atoms with Gasteiger partial charge in [0, 0.05) is 27.6 Å². The number of pyridine rings is 1. The number of aromatic nitrogens is 1. The summed E-state index contributed by atoms with van der Waals surface area (Å²) in [5.74, 6) is 0.850. The minimum absolute atomic E-state index is 0.317. The Morgan fingerprint density at radius 3 is 2.56 bits per heavy atom. The predicted molar refractivity (Wildman–Crippen MR) is 145 cm³/mol. The van der Waals surface area contributed by atoms with Crippen LogP contribution in [-0.4, -0.2) is 24.8 Å². The number of nitrogens with one attached hydrogen (secondary N) is 2. The van der Waals surface area contributed by atoms with Crippen molar-refractivity contribution < 1.29 is 17.2 Å². The lowest BCUT2D eigenvalue weighted by atomic mass is 10.0. The SMILES string of the molecule is CS(=O)(=O)Nc1ccc(N2C(=S)N[C@@H](c3ccccn3)[C@H]2c2ccc(-c3ccc(F)cc3Br)o2)cc1. The maximum atomic E-state index is 13.6. The molecule has 0 unspecified atom stereocenters. The Kier molecular flexibility index (Phi) is 6.54. The van der Waals surface area contributed by atoms with Gasteiger partial charge in [0.1, 0.15) is 23.4 Å². The van der Waals surface area contributed by atoms with Gasteiger partial charge in [-0.3, -0.25) is 9.71 Å². The van der Waals surface area contributed by atoms with Crippen LogP contribution >= 0.6 is 28.1 Å². The average Bonchev–Trinajstić information content (AvgIpc) is 3.44. The van der Waals surface area contributed by atoms with Crippen LogP contribution in [0.4, 0.5) is 15.8 Å². The first kappa shape index (κ1) is 24.4. The lowest BCUT2D eigenvalue weighted by molar-refractivity contribution is 0.439. The lowest BCUT2D eigenvalue weighted by Gasteiger charge is -2.26. The van der Waals surface area contributed by atoms with Gasteiger partial charge in [-0.25, -0.2) is 12.8 Å². The Morgan fingerprint density at radius 2 is 1.89 bits per heavy atom. The Labute approximate surface area is 221 Å². The molecule has 0 bridgehead atoms. The molecular weight excluding hydrogens is 567 g/mol. The van der Waals surface area contributed by atoms with Gasteiger partial charge in [-0.15, -0.1) is 0 Å². The molecule has 5 rings (SSSR count). The molecule has 11 heteroatoms. The van der Waals surface area contributed by atoms with Crippen molar-refractivity contribution in [3.05, 3.63) is 101 Å². The van der Waals surface area contributed by atoms with Crippen molar-refractivity contribution >= 4 is 54.7 Å². The highest BCUT2D eigenvalue weighted by molar-refractivity contribution is 9.10. The molecule has 0 aliphatic carbocycles. The van der Waals surface area contributed by atoms with Crippen molar-refractivity contribution in [2.45, 2.75) is 12.1 Å². The molecule has 0 saturated carbocycles. The summed E-state index contributed by atoms with van der Waals surface area (Å²) in [4.78, 5) is 6.44. The summed E-state index contributed by atoms with van der Waals surface area (Å²) in [6.45, 7) is 0. The first-order valence-corrected chi connectivity index (χ1v) is 13.9. The van der Waals surface area contributed by atoms with Crippen LogP contribution in [-0.2, 0) is 10.0 Å².